The highest BCUT2D eigenvalue weighted by Crippen LogP contribution is 2.37. The van der Waals surface area contributed by atoms with Crippen LogP contribution < -0.4 is 0 Å². The maximum Gasteiger partial charge on any atom is 0.107 e. The van der Waals surface area contributed by atoms with Crippen LogP contribution in [0.25, 0.3) is 0 Å². The molecule has 0 aromatic heterocycles. The van der Waals surface area contributed by atoms with E-state index >= 15 is 0 Å². The van der Waals surface area contributed by atoms with Crippen LogP contribution in [0.1, 0.15) is 52.9 Å². The molecule has 110 valence electrons. The van der Waals surface area contributed by atoms with Gasteiger partial charge in [-0.25, -0.2) is 0 Å². The zero-order valence-electron chi connectivity index (χ0n) is 12.6. The second-order valence-corrected chi connectivity index (χ2v) is 6.62. The zero-order chi connectivity index (χ0) is 14.0. The van der Waals surface area contributed by atoms with Gasteiger partial charge in [-0.1, -0.05) is 32.8 Å². The van der Waals surface area contributed by atoms with Crippen LogP contribution in [0.5, 0.6) is 0 Å². The number of unbranched alkanes of at least 4 members (excludes halogenated alkanes) is 1. The maximum atomic E-state index is 10.6. The Kier molecular flexibility index (Phi) is 4.70. The number of hydrogen-bond donors (Lipinski definition) is 2. The molecule has 0 saturated carbocycles. The molecule has 0 spiro atoms. The van der Waals surface area contributed by atoms with Gasteiger partial charge < -0.3 is 10.2 Å². The summed E-state index contributed by atoms with van der Waals surface area (Å²) in [7, 11) is 0. The predicted molar refractivity (Wildman–Crippen MR) is 78.0 cm³/mol. The molecule has 0 radical (unpaired) electrons. The van der Waals surface area contributed by atoms with Crippen LogP contribution in [0, 0.1) is 5.92 Å². The normalized spacial score (nSPS) is 39.5. The average molecular weight is 267 g/mol. The third kappa shape index (κ3) is 3.04. The monoisotopic (exact) mass is 267 g/mol. The summed E-state index contributed by atoms with van der Waals surface area (Å²) in [5.74, 6) is 0.486. The number of piperidine rings is 1. The lowest BCUT2D eigenvalue weighted by Gasteiger charge is -2.46. The number of allylic oxidation sites excluding steroid dienone is 1. The summed E-state index contributed by atoms with van der Waals surface area (Å²) in [5, 5.41) is 21.1. The van der Waals surface area contributed by atoms with E-state index in [1.54, 1.807) is 6.92 Å². The highest BCUT2D eigenvalue weighted by atomic mass is 16.3. The highest BCUT2D eigenvalue weighted by molar-refractivity contribution is 5.23. The van der Waals surface area contributed by atoms with Crippen LogP contribution in [0.15, 0.2) is 11.6 Å². The van der Waals surface area contributed by atoms with Crippen molar-refractivity contribution in [1.29, 1.82) is 0 Å². The minimum atomic E-state index is -0.995. The molecule has 1 unspecified atom stereocenters. The number of rotatable bonds is 4. The van der Waals surface area contributed by atoms with E-state index in [9.17, 15) is 10.2 Å². The van der Waals surface area contributed by atoms with E-state index in [-0.39, 0.29) is 6.04 Å². The minimum absolute atomic E-state index is 0.130. The van der Waals surface area contributed by atoms with E-state index in [1.807, 2.05) is 0 Å². The van der Waals surface area contributed by atoms with Gasteiger partial charge in [0.05, 0.1) is 0 Å². The van der Waals surface area contributed by atoms with Gasteiger partial charge >= 0.3 is 0 Å². The van der Waals surface area contributed by atoms with Crippen molar-refractivity contribution >= 4 is 0 Å². The molecule has 0 aliphatic carbocycles. The van der Waals surface area contributed by atoms with E-state index in [0.29, 0.717) is 5.92 Å². The average Bonchev–Trinajstić information content (AvgIpc) is 2.82. The molecule has 0 aromatic carbocycles. The molecule has 2 N–H and O–H groups in total. The summed E-state index contributed by atoms with van der Waals surface area (Å²) in [6.45, 7) is 8.09. The largest absolute Gasteiger partial charge is 0.386 e. The minimum Gasteiger partial charge on any atom is -0.386 e. The van der Waals surface area contributed by atoms with Gasteiger partial charge in [0.2, 0.25) is 0 Å². The standard InChI is InChI=1S/C16H29NO2/c1-4-5-7-12(2)10-13-11-17-9-6-8-14(17)16(3,19)15(13)18/h10,12,14-15,18-19H,4-9,11H2,1-3H3/b13-10+/t12-,14?,15+,16+/m0/s1. The molecule has 19 heavy (non-hydrogen) atoms. The second kappa shape index (κ2) is 5.94. The molecular weight excluding hydrogens is 238 g/mol. The van der Waals surface area contributed by atoms with Crippen molar-refractivity contribution in [2.75, 3.05) is 13.1 Å². The van der Waals surface area contributed by atoms with E-state index < -0.39 is 11.7 Å². The first-order valence-corrected chi connectivity index (χ1v) is 7.82. The van der Waals surface area contributed by atoms with E-state index in [0.717, 1.165) is 37.9 Å². The lowest BCUT2D eigenvalue weighted by Crippen LogP contribution is -2.61. The molecule has 0 aromatic rings. The van der Waals surface area contributed by atoms with Crippen LogP contribution in [-0.4, -0.2) is 45.9 Å². The topological polar surface area (TPSA) is 43.7 Å². The van der Waals surface area contributed by atoms with E-state index in [2.05, 4.69) is 24.8 Å². The number of nitrogens with zero attached hydrogens (tertiary/aromatic N) is 1. The molecular formula is C16H29NO2. The summed E-state index contributed by atoms with van der Waals surface area (Å²) in [6, 6.07) is 0.130. The molecule has 3 nitrogen and oxygen atoms in total. The third-order valence-corrected chi connectivity index (χ3v) is 4.84. The van der Waals surface area contributed by atoms with Crippen molar-refractivity contribution in [3.63, 3.8) is 0 Å². The Balaban J connectivity index is 2.10. The Morgan fingerprint density at radius 1 is 1.53 bits per heavy atom. The SMILES string of the molecule is CCCC[C@H](C)/C=C1\CN2CCCC2[C@@](C)(O)[C@@H]1O. The smallest absolute Gasteiger partial charge is 0.107 e. The van der Waals surface area contributed by atoms with E-state index in [4.69, 9.17) is 0 Å². The summed E-state index contributed by atoms with van der Waals surface area (Å²) in [4.78, 5) is 2.34. The van der Waals surface area contributed by atoms with Crippen molar-refractivity contribution in [3.05, 3.63) is 11.6 Å². The second-order valence-electron chi connectivity index (χ2n) is 6.62. The van der Waals surface area contributed by atoms with Crippen LogP contribution >= 0.6 is 0 Å². The first-order chi connectivity index (χ1) is 8.96. The Hall–Kier alpha value is -0.380. The Bertz CT molecular complexity index is 338. The molecule has 0 bridgehead atoms. The molecule has 2 aliphatic rings. The lowest BCUT2D eigenvalue weighted by molar-refractivity contribution is -0.110. The maximum absolute atomic E-state index is 10.6. The summed E-state index contributed by atoms with van der Waals surface area (Å²) >= 11 is 0. The Labute approximate surface area is 117 Å². The number of hydrogen-bond acceptors (Lipinski definition) is 3. The molecule has 2 heterocycles. The van der Waals surface area contributed by atoms with Gasteiger partial charge in [-0.2, -0.15) is 0 Å². The van der Waals surface area contributed by atoms with Crippen molar-refractivity contribution in [2.45, 2.75) is 70.6 Å². The van der Waals surface area contributed by atoms with Gasteiger partial charge in [-0.05, 0) is 44.2 Å². The fourth-order valence-electron chi connectivity index (χ4n) is 3.67. The van der Waals surface area contributed by atoms with Crippen LogP contribution in [-0.2, 0) is 0 Å². The van der Waals surface area contributed by atoms with Crippen molar-refractivity contribution in [1.82, 2.24) is 4.90 Å². The number of aliphatic hydroxyl groups excluding tert-OH is 1. The van der Waals surface area contributed by atoms with Crippen molar-refractivity contribution in [3.8, 4) is 0 Å². The van der Waals surface area contributed by atoms with Crippen LogP contribution in [0.4, 0.5) is 0 Å². The quantitative estimate of drug-likeness (QED) is 0.768. The summed E-state index contributed by atoms with van der Waals surface area (Å²) in [6.07, 6.45) is 7.23. The molecule has 2 aliphatic heterocycles. The van der Waals surface area contributed by atoms with Gasteiger partial charge in [0.15, 0.2) is 0 Å². The molecule has 2 rings (SSSR count). The first kappa shape index (κ1) is 15.0. The number of fused-ring (bicyclic) bond motifs is 1. The van der Waals surface area contributed by atoms with Gasteiger partial charge in [0, 0.05) is 12.6 Å². The van der Waals surface area contributed by atoms with Gasteiger partial charge in [-0.15, -0.1) is 0 Å². The van der Waals surface area contributed by atoms with Gasteiger partial charge in [0.25, 0.3) is 0 Å². The molecule has 2 fully saturated rings. The Morgan fingerprint density at radius 2 is 2.26 bits per heavy atom. The molecule has 0 amide bonds. The fraction of sp³-hybridized carbons (Fsp3) is 0.875. The van der Waals surface area contributed by atoms with Crippen molar-refractivity contribution < 1.29 is 10.2 Å². The lowest BCUT2D eigenvalue weighted by atomic mass is 9.80. The fourth-order valence-corrected chi connectivity index (χ4v) is 3.67. The molecule has 3 heteroatoms. The van der Waals surface area contributed by atoms with Crippen LogP contribution in [0.2, 0.25) is 0 Å². The number of aliphatic hydroxyl groups is 2. The molecule has 4 atom stereocenters. The predicted octanol–water partition coefficient (Wildman–Crippen LogP) is 2.33. The van der Waals surface area contributed by atoms with Crippen molar-refractivity contribution in [2.24, 2.45) is 5.92 Å². The third-order valence-electron chi connectivity index (χ3n) is 4.84. The summed E-state index contributed by atoms with van der Waals surface area (Å²) in [5.41, 5.74) is 0.0252. The van der Waals surface area contributed by atoms with Gasteiger partial charge in [-0.3, -0.25) is 4.90 Å². The van der Waals surface area contributed by atoms with Crippen LogP contribution in [0.3, 0.4) is 0 Å². The van der Waals surface area contributed by atoms with E-state index in [1.165, 1.54) is 12.8 Å². The zero-order valence-corrected chi connectivity index (χ0v) is 12.6. The highest BCUT2D eigenvalue weighted by Gasteiger charge is 2.49. The Morgan fingerprint density at radius 3 is 2.95 bits per heavy atom. The first-order valence-electron chi connectivity index (χ1n) is 7.82. The van der Waals surface area contributed by atoms with Gasteiger partial charge in [0.1, 0.15) is 11.7 Å². The summed E-state index contributed by atoms with van der Waals surface area (Å²) < 4.78 is 0. The molecule has 2 saturated heterocycles.